The summed E-state index contributed by atoms with van der Waals surface area (Å²) in [7, 11) is 1.78. The van der Waals surface area contributed by atoms with Crippen LogP contribution in [0.4, 0.5) is 4.79 Å². The molecule has 0 rings (SSSR count). The standard InChI is InChI=1S/C9H21N3O/c1-7(2)11-9(13)12(4)6-8(3)5-10/h7-8H,5-6,10H2,1-4H3,(H,11,13). The number of nitrogens with one attached hydrogen (secondary N) is 1. The maximum Gasteiger partial charge on any atom is 0.317 e. The molecule has 2 amide bonds. The number of hydrogen-bond acceptors (Lipinski definition) is 2. The first kappa shape index (κ1) is 12.2. The minimum Gasteiger partial charge on any atom is -0.336 e. The normalized spacial score (nSPS) is 12.8. The third-order valence-electron chi connectivity index (χ3n) is 1.75. The van der Waals surface area contributed by atoms with Crippen LogP contribution in [0.3, 0.4) is 0 Å². The van der Waals surface area contributed by atoms with Gasteiger partial charge >= 0.3 is 6.03 Å². The molecule has 0 bridgehead atoms. The van der Waals surface area contributed by atoms with E-state index in [2.05, 4.69) is 5.32 Å². The van der Waals surface area contributed by atoms with Crippen molar-refractivity contribution in [3.8, 4) is 0 Å². The van der Waals surface area contributed by atoms with Gasteiger partial charge < -0.3 is 16.0 Å². The monoisotopic (exact) mass is 187 g/mol. The van der Waals surface area contributed by atoms with Gasteiger partial charge in [-0.3, -0.25) is 0 Å². The zero-order valence-corrected chi connectivity index (χ0v) is 9.00. The predicted molar refractivity (Wildman–Crippen MR) is 54.5 cm³/mol. The van der Waals surface area contributed by atoms with E-state index < -0.39 is 0 Å². The van der Waals surface area contributed by atoms with Crippen molar-refractivity contribution in [1.82, 2.24) is 10.2 Å². The number of amides is 2. The van der Waals surface area contributed by atoms with Gasteiger partial charge in [-0.25, -0.2) is 4.79 Å². The van der Waals surface area contributed by atoms with E-state index in [4.69, 9.17) is 5.73 Å². The van der Waals surface area contributed by atoms with Gasteiger partial charge in [0.1, 0.15) is 0 Å². The first-order valence-electron chi connectivity index (χ1n) is 4.69. The summed E-state index contributed by atoms with van der Waals surface area (Å²) < 4.78 is 0. The Morgan fingerprint density at radius 3 is 2.38 bits per heavy atom. The lowest BCUT2D eigenvalue weighted by Gasteiger charge is -2.22. The third-order valence-corrected chi connectivity index (χ3v) is 1.75. The summed E-state index contributed by atoms with van der Waals surface area (Å²) in [5, 5.41) is 2.82. The molecule has 78 valence electrons. The predicted octanol–water partition coefficient (Wildman–Crippen LogP) is 0.631. The average Bonchev–Trinajstić information content (AvgIpc) is 2.02. The summed E-state index contributed by atoms with van der Waals surface area (Å²) in [6.07, 6.45) is 0. The summed E-state index contributed by atoms with van der Waals surface area (Å²) in [4.78, 5) is 13.0. The second-order valence-corrected chi connectivity index (χ2v) is 3.83. The van der Waals surface area contributed by atoms with Gasteiger partial charge in [0, 0.05) is 19.6 Å². The van der Waals surface area contributed by atoms with Crippen molar-refractivity contribution in [3.05, 3.63) is 0 Å². The molecule has 4 heteroatoms. The van der Waals surface area contributed by atoms with Crippen LogP contribution in [-0.4, -0.2) is 37.1 Å². The molecule has 0 aliphatic heterocycles. The van der Waals surface area contributed by atoms with Crippen LogP contribution in [0.25, 0.3) is 0 Å². The number of carbonyl (C=O) groups excluding carboxylic acids is 1. The van der Waals surface area contributed by atoms with E-state index in [1.165, 1.54) is 0 Å². The number of nitrogens with two attached hydrogens (primary N) is 1. The third kappa shape index (κ3) is 5.47. The molecule has 0 aromatic carbocycles. The number of nitrogens with zero attached hydrogens (tertiary/aromatic N) is 1. The number of urea groups is 1. The van der Waals surface area contributed by atoms with Crippen LogP contribution in [0, 0.1) is 5.92 Å². The molecule has 1 atom stereocenters. The van der Waals surface area contributed by atoms with Crippen LogP contribution >= 0.6 is 0 Å². The quantitative estimate of drug-likeness (QED) is 0.678. The maximum atomic E-state index is 11.4. The van der Waals surface area contributed by atoms with Gasteiger partial charge in [0.2, 0.25) is 0 Å². The van der Waals surface area contributed by atoms with Crippen molar-refractivity contribution in [3.63, 3.8) is 0 Å². The number of hydrogen-bond donors (Lipinski definition) is 2. The minimum absolute atomic E-state index is 0.0321. The van der Waals surface area contributed by atoms with Gasteiger partial charge in [-0.1, -0.05) is 6.92 Å². The van der Waals surface area contributed by atoms with E-state index in [0.717, 1.165) is 0 Å². The molecule has 0 saturated carbocycles. The highest BCUT2D eigenvalue weighted by molar-refractivity contribution is 5.74. The van der Waals surface area contributed by atoms with Gasteiger partial charge in [-0.05, 0) is 26.3 Å². The first-order chi connectivity index (χ1) is 5.97. The molecular weight excluding hydrogens is 166 g/mol. The summed E-state index contributed by atoms with van der Waals surface area (Å²) >= 11 is 0. The Hall–Kier alpha value is -0.770. The zero-order chi connectivity index (χ0) is 10.4. The summed E-state index contributed by atoms with van der Waals surface area (Å²) in [6, 6.07) is 0.151. The fraction of sp³-hybridized carbons (Fsp3) is 0.889. The van der Waals surface area contributed by atoms with Crippen LogP contribution in [-0.2, 0) is 0 Å². The molecule has 0 spiro atoms. The summed E-state index contributed by atoms with van der Waals surface area (Å²) in [5.41, 5.74) is 5.46. The van der Waals surface area contributed by atoms with Crippen molar-refractivity contribution >= 4 is 6.03 Å². The zero-order valence-electron chi connectivity index (χ0n) is 9.00. The lowest BCUT2D eigenvalue weighted by molar-refractivity contribution is 0.200. The van der Waals surface area contributed by atoms with Gasteiger partial charge in [0.15, 0.2) is 0 Å². The summed E-state index contributed by atoms with van der Waals surface area (Å²) in [6.45, 7) is 7.23. The Labute approximate surface area is 80.5 Å². The largest absolute Gasteiger partial charge is 0.336 e. The second kappa shape index (κ2) is 5.80. The minimum atomic E-state index is -0.0321. The molecule has 13 heavy (non-hydrogen) atoms. The average molecular weight is 187 g/mol. The fourth-order valence-corrected chi connectivity index (χ4v) is 0.982. The van der Waals surface area contributed by atoms with Crippen molar-refractivity contribution in [2.45, 2.75) is 26.8 Å². The second-order valence-electron chi connectivity index (χ2n) is 3.83. The Bertz CT molecular complexity index is 159. The highest BCUT2D eigenvalue weighted by Gasteiger charge is 2.11. The van der Waals surface area contributed by atoms with Crippen molar-refractivity contribution in [2.75, 3.05) is 20.1 Å². The lowest BCUT2D eigenvalue weighted by atomic mass is 10.2. The van der Waals surface area contributed by atoms with Crippen LogP contribution in [0.1, 0.15) is 20.8 Å². The molecule has 0 aliphatic carbocycles. The number of carbonyl (C=O) groups is 1. The molecule has 0 aromatic heterocycles. The van der Waals surface area contributed by atoms with E-state index in [9.17, 15) is 4.79 Å². The Morgan fingerprint density at radius 1 is 1.46 bits per heavy atom. The molecule has 3 N–H and O–H groups in total. The molecule has 0 saturated heterocycles. The molecule has 0 aliphatic rings. The lowest BCUT2D eigenvalue weighted by Crippen LogP contribution is -2.43. The Balaban J connectivity index is 3.82. The van der Waals surface area contributed by atoms with E-state index in [0.29, 0.717) is 19.0 Å². The summed E-state index contributed by atoms with van der Waals surface area (Å²) in [5.74, 6) is 0.350. The SMILES string of the molecule is CC(CN)CN(C)C(=O)NC(C)C. The van der Waals surface area contributed by atoms with Crippen molar-refractivity contribution in [1.29, 1.82) is 0 Å². The van der Waals surface area contributed by atoms with E-state index in [1.807, 2.05) is 20.8 Å². The van der Waals surface area contributed by atoms with E-state index in [-0.39, 0.29) is 12.1 Å². The van der Waals surface area contributed by atoms with Crippen molar-refractivity contribution < 1.29 is 4.79 Å². The first-order valence-corrected chi connectivity index (χ1v) is 4.69. The molecular formula is C9H21N3O. The topological polar surface area (TPSA) is 58.4 Å². The van der Waals surface area contributed by atoms with Crippen LogP contribution in [0.2, 0.25) is 0 Å². The van der Waals surface area contributed by atoms with Crippen LogP contribution < -0.4 is 11.1 Å². The van der Waals surface area contributed by atoms with Crippen LogP contribution in [0.15, 0.2) is 0 Å². The smallest absolute Gasteiger partial charge is 0.317 e. The molecule has 0 heterocycles. The van der Waals surface area contributed by atoms with E-state index >= 15 is 0 Å². The van der Waals surface area contributed by atoms with Crippen LogP contribution in [0.5, 0.6) is 0 Å². The van der Waals surface area contributed by atoms with Gasteiger partial charge in [-0.2, -0.15) is 0 Å². The molecule has 1 unspecified atom stereocenters. The Morgan fingerprint density at radius 2 is 2.00 bits per heavy atom. The maximum absolute atomic E-state index is 11.4. The highest BCUT2D eigenvalue weighted by atomic mass is 16.2. The number of rotatable bonds is 4. The van der Waals surface area contributed by atoms with Crippen molar-refractivity contribution in [2.24, 2.45) is 11.7 Å². The van der Waals surface area contributed by atoms with Gasteiger partial charge in [0.25, 0.3) is 0 Å². The van der Waals surface area contributed by atoms with E-state index in [1.54, 1.807) is 11.9 Å². The van der Waals surface area contributed by atoms with Gasteiger partial charge in [-0.15, -0.1) is 0 Å². The van der Waals surface area contributed by atoms with Gasteiger partial charge in [0.05, 0.1) is 0 Å². The Kier molecular flexibility index (Phi) is 5.46. The molecule has 0 radical (unpaired) electrons. The fourth-order valence-electron chi connectivity index (χ4n) is 0.982. The molecule has 0 aromatic rings. The molecule has 0 fully saturated rings. The highest BCUT2D eigenvalue weighted by Crippen LogP contribution is 1.96. The molecule has 4 nitrogen and oxygen atoms in total.